The number of rotatable bonds is 7. The Morgan fingerprint density at radius 2 is 1.70 bits per heavy atom. The predicted octanol–water partition coefficient (Wildman–Crippen LogP) is 3.50. The predicted molar refractivity (Wildman–Crippen MR) is 135 cm³/mol. The molecule has 0 unspecified atom stereocenters. The summed E-state index contributed by atoms with van der Waals surface area (Å²) in [4.78, 5) is 15.2. The lowest BCUT2D eigenvalue weighted by Crippen LogP contribution is -2.58. The first-order valence-corrected chi connectivity index (χ1v) is 16.7. The third-order valence-corrected chi connectivity index (χ3v) is 14.2. The topological polar surface area (TPSA) is 87.7 Å². The molecular formula is C24H39N3O4SSi. The van der Waals surface area contributed by atoms with Gasteiger partial charge in [0.2, 0.25) is 10.0 Å². The van der Waals surface area contributed by atoms with Crippen LogP contribution >= 0.6 is 0 Å². The van der Waals surface area contributed by atoms with Crippen molar-refractivity contribution in [1.29, 1.82) is 0 Å². The number of anilines is 1. The van der Waals surface area contributed by atoms with E-state index in [1.54, 1.807) is 4.90 Å². The van der Waals surface area contributed by atoms with Crippen molar-refractivity contribution in [3.8, 4) is 0 Å². The van der Waals surface area contributed by atoms with Crippen LogP contribution in [0, 0.1) is 0 Å². The van der Waals surface area contributed by atoms with E-state index < -0.39 is 29.6 Å². The fraction of sp³-hybridized carbons (Fsp3) is 0.708. The summed E-state index contributed by atoms with van der Waals surface area (Å²) in [6.07, 6.45) is 6.07. The van der Waals surface area contributed by atoms with Crippen LogP contribution in [0.5, 0.6) is 0 Å². The number of benzene rings is 1. The first kappa shape index (κ1) is 24.7. The zero-order chi connectivity index (χ0) is 24.0. The molecule has 184 valence electrons. The van der Waals surface area contributed by atoms with Gasteiger partial charge in [0, 0.05) is 19.6 Å². The highest BCUT2D eigenvalue weighted by Gasteiger charge is 2.39. The monoisotopic (exact) mass is 493 g/mol. The summed E-state index contributed by atoms with van der Waals surface area (Å²) in [7, 11) is -5.71. The SMILES string of the molecule is CC(C)(C)[Si](C)(C)OCCN(C(=O)NS(=O)(=O)C1CNC1)c1c2c(cc3c1CCC3)CCC2. The van der Waals surface area contributed by atoms with Gasteiger partial charge in [-0.1, -0.05) is 26.8 Å². The normalized spacial score (nSPS) is 18.6. The molecule has 0 saturated carbocycles. The molecule has 0 spiro atoms. The Morgan fingerprint density at radius 3 is 2.18 bits per heavy atom. The van der Waals surface area contributed by atoms with Gasteiger partial charge in [-0.3, -0.25) is 4.90 Å². The van der Waals surface area contributed by atoms with Crippen LogP contribution in [0.2, 0.25) is 18.1 Å². The molecule has 2 N–H and O–H groups in total. The van der Waals surface area contributed by atoms with Gasteiger partial charge in [0.05, 0.1) is 12.3 Å². The molecule has 1 heterocycles. The first-order valence-electron chi connectivity index (χ1n) is 12.2. The molecule has 9 heteroatoms. The average Bonchev–Trinajstić information content (AvgIpc) is 3.29. The minimum Gasteiger partial charge on any atom is -0.415 e. The maximum atomic E-state index is 13.5. The van der Waals surface area contributed by atoms with E-state index in [1.807, 2.05) is 0 Å². The van der Waals surface area contributed by atoms with Gasteiger partial charge in [0.15, 0.2) is 8.32 Å². The molecule has 1 aromatic rings. The van der Waals surface area contributed by atoms with Gasteiger partial charge < -0.3 is 9.74 Å². The summed E-state index contributed by atoms with van der Waals surface area (Å²) in [5.74, 6) is 0. The number of urea groups is 1. The third-order valence-electron chi connectivity index (χ3n) is 7.95. The molecule has 0 bridgehead atoms. The van der Waals surface area contributed by atoms with Gasteiger partial charge in [0.1, 0.15) is 5.25 Å². The first-order chi connectivity index (χ1) is 15.4. The zero-order valence-corrected chi connectivity index (χ0v) is 22.5. The highest BCUT2D eigenvalue weighted by atomic mass is 32.2. The molecule has 1 saturated heterocycles. The van der Waals surface area contributed by atoms with Gasteiger partial charge in [-0.05, 0) is 78.9 Å². The fourth-order valence-corrected chi connectivity index (χ4v) is 7.01. The van der Waals surface area contributed by atoms with Gasteiger partial charge in [-0.25, -0.2) is 17.9 Å². The average molecular weight is 494 g/mol. The van der Waals surface area contributed by atoms with Crippen molar-refractivity contribution in [2.75, 3.05) is 31.1 Å². The largest absolute Gasteiger partial charge is 0.415 e. The molecule has 2 aliphatic carbocycles. The van der Waals surface area contributed by atoms with Crippen LogP contribution in [-0.2, 0) is 40.1 Å². The molecule has 33 heavy (non-hydrogen) atoms. The number of carbonyl (C=O) groups excluding carboxylic acids is 1. The van der Waals surface area contributed by atoms with Crippen molar-refractivity contribution in [3.63, 3.8) is 0 Å². The van der Waals surface area contributed by atoms with Crippen LogP contribution in [-0.4, -0.2) is 54.3 Å². The zero-order valence-electron chi connectivity index (χ0n) is 20.7. The Bertz CT molecular complexity index is 997. The Balaban J connectivity index is 1.65. The number of amides is 2. The molecule has 1 aliphatic heterocycles. The molecule has 1 fully saturated rings. The van der Waals surface area contributed by atoms with E-state index in [-0.39, 0.29) is 5.04 Å². The lowest BCUT2D eigenvalue weighted by atomic mass is 9.98. The fourth-order valence-electron chi connectivity index (χ4n) is 4.78. The Hall–Kier alpha value is -1.42. The molecule has 0 radical (unpaired) electrons. The lowest BCUT2D eigenvalue weighted by molar-refractivity contribution is 0.246. The Labute approximate surface area is 199 Å². The number of hydrogen-bond donors (Lipinski definition) is 2. The smallest absolute Gasteiger partial charge is 0.335 e. The number of aryl methyl sites for hydroxylation is 2. The van der Waals surface area contributed by atoms with Crippen molar-refractivity contribution in [1.82, 2.24) is 10.0 Å². The number of carbonyl (C=O) groups is 1. The van der Waals surface area contributed by atoms with E-state index in [0.717, 1.165) is 44.2 Å². The van der Waals surface area contributed by atoms with Crippen LogP contribution in [0.15, 0.2) is 6.07 Å². The molecule has 3 aliphatic rings. The minimum absolute atomic E-state index is 0.0654. The second kappa shape index (κ2) is 8.98. The third kappa shape index (κ3) is 4.87. The molecule has 2 amide bonds. The van der Waals surface area contributed by atoms with E-state index in [4.69, 9.17) is 4.43 Å². The van der Waals surface area contributed by atoms with E-state index >= 15 is 0 Å². The van der Waals surface area contributed by atoms with Crippen LogP contribution < -0.4 is 14.9 Å². The second-order valence-corrected chi connectivity index (χ2v) is 18.0. The van der Waals surface area contributed by atoms with Gasteiger partial charge >= 0.3 is 6.03 Å². The molecule has 0 aromatic heterocycles. The highest BCUT2D eigenvalue weighted by Crippen LogP contribution is 2.41. The Kier molecular flexibility index (Phi) is 6.72. The summed E-state index contributed by atoms with van der Waals surface area (Å²) >= 11 is 0. The van der Waals surface area contributed by atoms with Crippen molar-refractivity contribution in [3.05, 3.63) is 28.3 Å². The minimum atomic E-state index is -3.72. The van der Waals surface area contributed by atoms with Crippen LogP contribution in [0.25, 0.3) is 0 Å². The van der Waals surface area contributed by atoms with Gasteiger partial charge in [-0.2, -0.15) is 0 Å². The number of nitrogens with zero attached hydrogens (tertiary/aromatic N) is 1. The molecule has 4 rings (SSSR count). The highest BCUT2D eigenvalue weighted by molar-refractivity contribution is 7.90. The van der Waals surface area contributed by atoms with Gasteiger partial charge in [0.25, 0.3) is 0 Å². The van der Waals surface area contributed by atoms with Crippen molar-refractivity contribution in [2.45, 2.75) is 82.7 Å². The van der Waals surface area contributed by atoms with Crippen LogP contribution in [0.3, 0.4) is 0 Å². The number of fused-ring (bicyclic) bond motifs is 2. The van der Waals surface area contributed by atoms with Crippen LogP contribution in [0.1, 0.15) is 55.9 Å². The van der Waals surface area contributed by atoms with E-state index in [0.29, 0.717) is 26.2 Å². The molecule has 1 aromatic carbocycles. The molecule has 0 atom stereocenters. The van der Waals surface area contributed by atoms with E-state index in [1.165, 1.54) is 22.3 Å². The number of hydrogen-bond acceptors (Lipinski definition) is 5. The van der Waals surface area contributed by atoms with E-state index in [2.05, 4.69) is 50.0 Å². The van der Waals surface area contributed by atoms with E-state index in [9.17, 15) is 13.2 Å². The maximum absolute atomic E-state index is 13.5. The van der Waals surface area contributed by atoms with Crippen molar-refractivity contribution >= 4 is 30.1 Å². The second-order valence-electron chi connectivity index (χ2n) is 11.2. The standard InChI is InChI=1S/C24H39N3O4SSi/c1-24(2,3)33(4,5)31-13-12-27(23(28)26-32(29,30)19-15-25-16-19)22-20-10-6-8-17(20)14-18-9-7-11-21(18)22/h14,19,25H,6-13,15-16H2,1-5H3,(H,26,28). The lowest BCUT2D eigenvalue weighted by Gasteiger charge is -2.37. The van der Waals surface area contributed by atoms with Gasteiger partial charge in [-0.15, -0.1) is 0 Å². The number of nitrogens with one attached hydrogen (secondary N) is 2. The van der Waals surface area contributed by atoms with Crippen molar-refractivity contribution in [2.24, 2.45) is 0 Å². The summed E-state index contributed by atoms with van der Waals surface area (Å²) < 4.78 is 34.3. The summed E-state index contributed by atoms with van der Waals surface area (Å²) in [6, 6.07) is 1.78. The summed E-state index contributed by atoms with van der Waals surface area (Å²) in [5.41, 5.74) is 6.04. The molecule has 7 nitrogen and oxygen atoms in total. The maximum Gasteiger partial charge on any atom is 0.335 e. The summed E-state index contributed by atoms with van der Waals surface area (Å²) in [6.45, 7) is 12.5. The molecular weight excluding hydrogens is 454 g/mol. The summed E-state index contributed by atoms with van der Waals surface area (Å²) in [5, 5.41) is 2.48. The van der Waals surface area contributed by atoms with Crippen molar-refractivity contribution < 1.29 is 17.6 Å². The quantitative estimate of drug-likeness (QED) is 0.568. The number of sulfonamides is 1. The van der Waals surface area contributed by atoms with Crippen LogP contribution in [0.4, 0.5) is 10.5 Å². The Morgan fingerprint density at radius 1 is 1.12 bits per heavy atom.